The number of piperidine rings is 1. The second kappa shape index (κ2) is 8.58. The molecule has 1 saturated heterocycles. The van der Waals surface area contributed by atoms with Crippen molar-refractivity contribution in [3.63, 3.8) is 0 Å². The fourth-order valence-electron chi connectivity index (χ4n) is 3.19. The van der Waals surface area contributed by atoms with Crippen LogP contribution < -0.4 is 5.32 Å². The maximum atomic E-state index is 12.7. The van der Waals surface area contributed by atoms with Crippen LogP contribution in [0, 0.1) is 0 Å². The van der Waals surface area contributed by atoms with Gasteiger partial charge in [-0.05, 0) is 45.2 Å². The molecule has 2 heterocycles. The third-order valence-corrected chi connectivity index (χ3v) is 5.38. The molecule has 0 radical (unpaired) electrons. The fraction of sp³-hybridized carbons (Fsp3) is 0.526. The molecule has 0 saturated carbocycles. The molecule has 0 unspecified atom stereocenters. The number of rotatable bonds is 6. The lowest BCUT2D eigenvalue weighted by Gasteiger charge is -2.27. The van der Waals surface area contributed by atoms with E-state index in [1.54, 1.807) is 0 Å². The standard InChI is InChI=1S/C19H26N4O2S/c1-14(2)20-17(24)13-26-19-21-15-8-4-5-9-16(15)23(19)12-18(25)22-10-6-3-7-11-22/h4-5,8-9,14H,3,6-7,10-13H2,1-2H3,(H,20,24). The molecule has 2 aromatic rings. The van der Waals surface area contributed by atoms with Crippen LogP contribution in [0.3, 0.4) is 0 Å². The van der Waals surface area contributed by atoms with Crippen molar-refractivity contribution in [2.45, 2.75) is 50.9 Å². The maximum Gasteiger partial charge on any atom is 0.242 e. The van der Waals surface area contributed by atoms with Crippen molar-refractivity contribution >= 4 is 34.6 Å². The summed E-state index contributed by atoms with van der Waals surface area (Å²) in [6.07, 6.45) is 3.35. The maximum absolute atomic E-state index is 12.7. The molecule has 0 atom stereocenters. The molecule has 7 heteroatoms. The molecule has 0 bridgehead atoms. The molecule has 1 aliphatic rings. The molecule has 3 rings (SSSR count). The van der Waals surface area contributed by atoms with Gasteiger partial charge in [0.05, 0.1) is 16.8 Å². The predicted molar refractivity (Wildman–Crippen MR) is 104 cm³/mol. The Balaban J connectivity index is 1.78. The minimum absolute atomic E-state index is 0.0223. The van der Waals surface area contributed by atoms with E-state index in [4.69, 9.17) is 0 Å². The summed E-state index contributed by atoms with van der Waals surface area (Å²) in [5.74, 6) is 0.395. The number of nitrogens with one attached hydrogen (secondary N) is 1. The number of amides is 2. The summed E-state index contributed by atoms with van der Waals surface area (Å²) in [4.78, 5) is 31.3. The lowest BCUT2D eigenvalue weighted by molar-refractivity contribution is -0.132. The average Bonchev–Trinajstić information content (AvgIpc) is 2.98. The van der Waals surface area contributed by atoms with Gasteiger partial charge in [0.1, 0.15) is 6.54 Å². The van der Waals surface area contributed by atoms with Gasteiger partial charge < -0.3 is 14.8 Å². The number of carbonyl (C=O) groups is 2. The number of para-hydroxylation sites is 2. The van der Waals surface area contributed by atoms with Gasteiger partial charge in [-0.1, -0.05) is 23.9 Å². The zero-order valence-electron chi connectivity index (χ0n) is 15.4. The second-order valence-corrected chi connectivity index (χ2v) is 7.86. The number of nitrogens with zero attached hydrogens (tertiary/aromatic N) is 3. The highest BCUT2D eigenvalue weighted by Crippen LogP contribution is 2.24. The van der Waals surface area contributed by atoms with Crippen LogP contribution in [0.2, 0.25) is 0 Å². The molecule has 1 N–H and O–H groups in total. The van der Waals surface area contributed by atoms with Gasteiger partial charge in [-0.25, -0.2) is 4.98 Å². The van der Waals surface area contributed by atoms with E-state index in [-0.39, 0.29) is 24.4 Å². The fourth-order valence-corrected chi connectivity index (χ4v) is 4.01. The summed E-state index contributed by atoms with van der Waals surface area (Å²) in [6.45, 7) is 5.83. The molecular formula is C19H26N4O2S. The first-order chi connectivity index (χ1) is 12.5. The van der Waals surface area contributed by atoms with E-state index in [9.17, 15) is 9.59 Å². The van der Waals surface area contributed by atoms with Crippen LogP contribution in [-0.4, -0.2) is 51.1 Å². The molecule has 2 amide bonds. The summed E-state index contributed by atoms with van der Waals surface area (Å²) >= 11 is 1.38. The number of fused-ring (bicyclic) bond motifs is 1. The Morgan fingerprint density at radius 3 is 2.65 bits per heavy atom. The van der Waals surface area contributed by atoms with Crippen LogP contribution in [0.25, 0.3) is 11.0 Å². The number of likely N-dealkylation sites (tertiary alicyclic amines) is 1. The second-order valence-electron chi connectivity index (χ2n) is 6.92. The van der Waals surface area contributed by atoms with Gasteiger partial charge in [-0.2, -0.15) is 0 Å². The van der Waals surface area contributed by atoms with Crippen molar-refractivity contribution in [2.24, 2.45) is 0 Å². The molecule has 1 aromatic heterocycles. The van der Waals surface area contributed by atoms with Gasteiger partial charge in [-0.15, -0.1) is 0 Å². The van der Waals surface area contributed by atoms with Crippen molar-refractivity contribution in [3.05, 3.63) is 24.3 Å². The third-order valence-electron chi connectivity index (χ3n) is 4.40. The molecular weight excluding hydrogens is 348 g/mol. The highest BCUT2D eigenvalue weighted by atomic mass is 32.2. The SMILES string of the molecule is CC(C)NC(=O)CSc1nc2ccccc2n1CC(=O)N1CCCCC1. The number of carbonyl (C=O) groups excluding carboxylic acids is 2. The molecule has 0 aliphatic carbocycles. The Hall–Kier alpha value is -2.02. The van der Waals surface area contributed by atoms with Crippen LogP contribution in [0.4, 0.5) is 0 Å². The Morgan fingerprint density at radius 2 is 1.92 bits per heavy atom. The monoisotopic (exact) mass is 374 g/mol. The van der Waals surface area contributed by atoms with Gasteiger partial charge in [0.25, 0.3) is 0 Å². The summed E-state index contributed by atoms with van der Waals surface area (Å²) in [6, 6.07) is 7.92. The van der Waals surface area contributed by atoms with E-state index in [0.717, 1.165) is 42.1 Å². The summed E-state index contributed by atoms with van der Waals surface area (Å²) < 4.78 is 1.94. The summed E-state index contributed by atoms with van der Waals surface area (Å²) in [5.41, 5.74) is 1.79. The zero-order chi connectivity index (χ0) is 18.5. The molecule has 1 aliphatic heterocycles. The van der Waals surface area contributed by atoms with Crippen LogP contribution in [0.15, 0.2) is 29.4 Å². The van der Waals surface area contributed by atoms with E-state index in [1.165, 1.54) is 18.2 Å². The molecule has 0 spiro atoms. The lowest BCUT2D eigenvalue weighted by Crippen LogP contribution is -2.37. The first kappa shape index (κ1) is 18.8. The molecule has 6 nitrogen and oxygen atoms in total. The molecule has 140 valence electrons. The quantitative estimate of drug-likeness (QED) is 0.790. The predicted octanol–water partition coefficient (Wildman–Crippen LogP) is 2.67. The first-order valence-corrected chi connectivity index (χ1v) is 10.2. The van der Waals surface area contributed by atoms with E-state index in [0.29, 0.717) is 5.75 Å². The van der Waals surface area contributed by atoms with E-state index >= 15 is 0 Å². The van der Waals surface area contributed by atoms with Crippen molar-refractivity contribution in [3.8, 4) is 0 Å². The summed E-state index contributed by atoms with van der Waals surface area (Å²) in [5, 5.41) is 3.60. The van der Waals surface area contributed by atoms with E-state index in [2.05, 4.69) is 10.3 Å². The highest BCUT2D eigenvalue weighted by Gasteiger charge is 2.20. The number of imidazole rings is 1. The zero-order valence-corrected chi connectivity index (χ0v) is 16.2. The van der Waals surface area contributed by atoms with Crippen LogP contribution in [0.5, 0.6) is 0 Å². The normalized spacial score (nSPS) is 14.8. The molecule has 1 fully saturated rings. The topological polar surface area (TPSA) is 67.2 Å². The number of hydrogen-bond donors (Lipinski definition) is 1. The number of benzene rings is 1. The van der Waals surface area contributed by atoms with Crippen LogP contribution in [0.1, 0.15) is 33.1 Å². The van der Waals surface area contributed by atoms with Crippen LogP contribution >= 0.6 is 11.8 Å². The van der Waals surface area contributed by atoms with Crippen molar-refractivity contribution in [1.29, 1.82) is 0 Å². The van der Waals surface area contributed by atoms with E-state index < -0.39 is 0 Å². The summed E-state index contributed by atoms with van der Waals surface area (Å²) in [7, 11) is 0. The van der Waals surface area contributed by atoms with Crippen LogP contribution in [-0.2, 0) is 16.1 Å². The van der Waals surface area contributed by atoms with Gasteiger partial charge in [0.2, 0.25) is 11.8 Å². The lowest BCUT2D eigenvalue weighted by atomic mass is 10.1. The average molecular weight is 375 g/mol. The van der Waals surface area contributed by atoms with Gasteiger partial charge in [-0.3, -0.25) is 9.59 Å². The van der Waals surface area contributed by atoms with Crippen molar-refractivity contribution < 1.29 is 9.59 Å². The van der Waals surface area contributed by atoms with Gasteiger partial charge in [0.15, 0.2) is 5.16 Å². The Morgan fingerprint density at radius 1 is 1.19 bits per heavy atom. The smallest absolute Gasteiger partial charge is 0.242 e. The number of aromatic nitrogens is 2. The van der Waals surface area contributed by atoms with Crippen molar-refractivity contribution in [2.75, 3.05) is 18.8 Å². The molecule has 26 heavy (non-hydrogen) atoms. The first-order valence-electron chi connectivity index (χ1n) is 9.20. The Labute approximate surface area is 158 Å². The minimum atomic E-state index is -0.0223. The van der Waals surface area contributed by atoms with Crippen molar-refractivity contribution in [1.82, 2.24) is 19.8 Å². The Kier molecular flexibility index (Phi) is 6.19. The third kappa shape index (κ3) is 4.58. The minimum Gasteiger partial charge on any atom is -0.353 e. The largest absolute Gasteiger partial charge is 0.353 e. The van der Waals surface area contributed by atoms with Gasteiger partial charge in [0, 0.05) is 19.1 Å². The Bertz CT molecular complexity index is 781. The van der Waals surface area contributed by atoms with E-state index in [1.807, 2.05) is 47.6 Å². The number of hydrogen-bond acceptors (Lipinski definition) is 4. The number of thioether (sulfide) groups is 1. The molecule has 1 aromatic carbocycles. The highest BCUT2D eigenvalue weighted by molar-refractivity contribution is 7.99. The van der Waals surface area contributed by atoms with Gasteiger partial charge >= 0.3 is 0 Å².